The van der Waals surface area contributed by atoms with Crippen LogP contribution in [-0.4, -0.2) is 36.1 Å². The fourth-order valence-corrected chi connectivity index (χ4v) is 2.46. The fourth-order valence-electron chi connectivity index (χ4n) is 2.29. The molecule has 76 valence electrons. The van der Waals surface area contributed by atoms with Gasteiger partial charge in [0.05, 0.1) is 18.8 Å². The van der Waals surface area contributed by atoms with Crippen molar-refractivity contribution in [1.29, 1.82) is 0 Å². The Morgan fingerprint density at radius 1 is 1.50 bits per heavy atom. The minimum atomic E-state index is -0.0814. The summed E-state index contributed by atoms with van der Waals surface area (Å²) >= 11 is 2.95. The number of hydrogen-bond acceptors (Lipinski definition) is 2. The number of ether oxygens (including phenoxy) is 1. The van der Waals surface area contributed by atoms with Crippen molar-refractivity contribution < 1.29 is 9.53 Å². The molecule has 1 saturated heterocycles. The number of halogens is 1. The van der Waals surface area contributed by atoms with Crippen LogP contribution in [0.5, 0.6) is 0 Å². The molecule has 0 bridgehead atoms. The third-order valence-electron chi connectivity index (χ3n) is 2.90. The third-order valence-corrected chi connectivity index (χ3v) is 3.10. The van der Waals surface area contributed by atoms with Crippen LogP contribution in [0.15, 0.2) is 0 Å². The van der Waals surface area contributed by atoms with E-state index >= 15 is 0 Å². The molecular formula is C10H12BrNO2. The second-order valence-electron chi connectivity index (χ2n) is 3.63. The standard InChI is InChI=1S/C10H12BrNO2/c11-5-4-10(13)12-6-7-14-9-3-1-2-8(9)12/h8-9H,1-3,6-7H2. The Morgan fingerprint density at radius 2 is 2.36 bits per heavy atom. The molecule has 1 heterocycles. The summed E-state index contributed by atoms with van der Waals surface area (Å²) in [5, 5.41) is 0. The van der Waals surface area contributed by atoms with Crippen LogP contribution in [0.3, 0.4) is 0 Å². The number of hydrogen-bond donors (Lipinski definition) is 0. The largest absolute Gasteiger partial charge is 0.374 e. The molecule has 2 aliphatic rings. The van der Waals surface area contributed by atoms with Gasteiger partial charge in [-0.1, -0.05) is 0 Å². The van der Waals surface area contributed by atoms with E-state index in [0.717, 1.165) is 19.3 Å². The average Bonchev–Trinajstić information content (AvgIpc) is 2.65. The number of carbonyl (C=O) groups excluding carboxylic acids is 1. The summed E-state index contributed by atoms with van der Waals surface area (Å²) in [5.41, 5.74) is 0. The highest BCUT2D eigenvalue weighted by atomic mass is 79.9. The van der Waals surface area contributed by atoms with Crippen LogP contribution in [0.1, 0.15) is 19.3 Å². The van der Waals surface area contributed by atoms with Crippen LogP contribution < -0.4 is 0 Å². The molecule has 2 rings (SSSR count). The highest BCUT2D eigenvalue weighted by Gasteiger charge is 2.37. The summed E-state index contributed by atoms with van der Waals surface area (Å²) < 4.78 is 5.61. The molecule has 1 saturated carbocycles. The molecule has 1 aliphatic heterocycles. The lowest BCUT2D eigenvalue weighted by atomic mass is 10.1. The van der Waals surface area contributed by atoms with E-state index in [2.05, 4.69) is 26.7 Å². The maximum absolute atomic E-state index is 11.6. The molecule has 0 aromatic carbocycles. The van der Waals surface area contributed by atoms with Gasteiger partial charge in [0.15, 0.2) is 0 Å². The molecule has 3 nitrogen and oxygen atoms in total. The van der Waals surface area contributed by atoms with Gasteiger partial charge in [-0.2, -0.15) is 0 Å². The van der Waals surface area contributed by atoms with E-state index in [4.69, 9.17) is 4.74 Å². The number of carbonyl (C=O) groups is 1. The average molecular weight is 258 g/mol. The molecular weight excluding hydrogens is 246 g/mol. The van der Waals surface area contributed by atoms with Crippen molar-refractivity contribution in [3.05, 3.63) is 0 Å². The van der Waals surface area contributed by atoms with E-state index < -0.39 is 0 Å². The zero-order valence-corrected chi connectivity index (χ0v) is 9.42. The Hall–Kier alpha value is -0.530. The van der Waals surface area contributed by atoms with Gasteiger partial charge in [-0.3, -0.25) is 4.79 Å². The molecule has 4 heteroatoms. The van der Waals surface area contributed by atoms with Gasteiger partial charge in [0.25, 0.3) is 5.91 Å². The van der Waals surface area contributed by atoms with Crippen molar-refractivity contribution in [3.8, 4) is 10.8 Å². The van der Waals surface area contributed by atoms with Crippen molar-refractivity contribution in [2.75, 3.05) is 13.2 Å². The monoisotopic (exact) mass is 257 g/mol. The van der Waals surface area contributed by atoms with Crippen LogP contribution in [0.25, 0.3) is 0 Å². The van der Waals surface area contributed by atoms with Gasteiger partial charge >= 0.3 is 0 Å². The predicted molar refractivity (Wildman–Crippen MR) is 55.8 cm³/mol. The van der Waals surface area contributed by atoms with Crippen molar-refractivity contribution in [2.45, 2.75) is 31.4 Å². The minimum Gasteiger partial charge on any atom is -0.374 e. The van der Waals surface area contributed by atoms with Crippen LogP contribution in [-0.2, 0) is 9.53 Å². The first-order valence-electron chi connectivity index (χ1n) is 4.87. The minimum absolute atomic E-state index is 0.0814. The second kappa shape index (κ2) is 4.33. The Labute approximate surface area is 91.9 Å². The van der Waals surface area contributed by atoms with Crippen LogP contribution >= 0.6 is 15.9 Å². The molecule has 0 radical (unpaired) electrons. The smallest absolute Gasteiger partial charge is 0.299 e. The molecule has 2 atom stereocenters. The summed E-state index contributed by atoms with van der Waals surface area (Å²) in [6, 6.07) is 0.268. The first kappa shape index (κ1) is 10.0. The zero-order chi connectivity index (χ0) is 9.97. The normalized spacial score (nSPS) is 30.5. The molecule has 0 aromatic rings. The Balaban J connectivity index is 2.09. The van der Waals surface area contributed by atoms with Crippen molar-refractivity contribution >= 4 is 21.8 Å². The Bertz CT molecular complexity index is 294. The number of rotatable bonds is 0. The SMILES string of the molecule is O=C(C#CBr)N1CCOC2CCCC21. The van der Waals surface area contributed by atoms with E-state index in [1.807, 2.05) is 4.90 Å². The Morgan fingerprint density at radius 3 is 3.14 bits per heavy atom. The number of fused-ring (bicyclic) bond motifs is 1. The molecule has 1 aliphatic carbocycles. The summed E-state index contributed by atoms with van der Waals surface area (Å²) in [4.78, 5) is 15.9. The molecule has 0 N–H and O–H groups in total. The molecule has 2 unspecified atom stereocenters. The van der Waals surface area contributed by atoms with E-state index in [9.17, 15) is 4.79 Å². The van der Waals surface area contributed by atoms with Gasteiger partial charge in [-0.25, -0.2) is 0 Å². The van der Waals surface area contributed by atoms with Crippen LogP contribution in [0.2, 0.25) is 0 Å². The fraction of sp³-hybridized carbons (Fsp3) is 0.700. The molecule has 0 spiro atoms. The van der Waals surface area contributed by atoms with Gasteiger partial charge < -0.3 is 9.64 Å². The Kier molecular flexibility index (Phi) is 3.09. The summed E-state index contributed by atoms with van der Waals surface area (Å²) in [5.74, 6) is 2.44. The maximum atomic E-state index is 11.6. The van der Waals surface area contributed by atoms with Crippen molar-refractivity contribution in [3.63, 3.8) is 0 Å². The zero-order valence-electron chi connectivity index (χ0n) is 7.83. The number of amides is 1. The second-order valence-corrected chi connectivity index (χ2v) is 4.02. The topological polar surface area (TPSA) is 29.5 Å². The number of morpholine rings is 1. The van der Waals surface area contributed by atoms with Gasteiger partial charge in [-0.15, -0.1) is 0 Å². The highest BCUT2D eigenvalue weighted by Crippen LogP contribution is 2.29. The van der Waals surface area contributed by atoms with Crippen LogP contribution in [0.4, 0.5) is 0 Å². The summed E-state index contributed by atoms with van der Waals surface area (Å²) in [6.45, 7) is 1.33. The summed E-state index contributed by atoms with van der Waals surface area (Å²) in [6.07, 6.45) is 3.54. The van der Waals surface area contributed by atoms with E-state index in [-0.39, 0.29) is 18.1 Å². The third kappa shape index (κ3) is 1.79. The van der Waals surface area contributed by atoms with Crippen LogP contribution in [0, 0.1) is 10.8 Å². The van der Waals surface area contributed by atoms with Gasteiger partial charge in [-0.05, 0) is 24.1 Å². The molecule has 14 heavy (non-hydrogen) atoms. The molecule has 0 aromatic heterocycles. The van der Waals surface area contributed by atoms with Gasteiger partial charge in [0.2, 0.25) is 0 Å². The predicted octanol–water partition coefficient (Wildman–Crippen LogP) is 1.12. The van der Waals surface area contributed by atoms with Gasteiger partial charge in [0, 0.05) is 28.4 Å². The first-order chi connectivity index (χ1) is 6.83. The lowest BCUT2D eigenvalue weighted by Gasteiger charge is -2.36. The van der Waals surface area contributed by atoms with Crippen molar-refractivity contribution in [1.82, 2.24) is 4.90 Å². The lowest BCUT2D eigenvalue weighted by molar-refractivity contribution is -0.137. The lowest BCUT2D eigenvalue weighted by Crippen LogP contribution is -2.50. The van der Waals surface area contributed by atoms with Crippen molar-refractivity contribution in [2.24, 2.45) is 0 Å². The van der Waals surface area contributed by atoms with E-state index in [1.165, 1.54) is 0 Å². The quantitative estimate of drug-likeness (QED) is 0.609. The highest BCUT2D eigenvalue weighted by molar-refractivity contribution is 9.12. The van der Waals surface area contributed by atoms with E-state index in [0.29, 0.717) is 13.2 Å². The molecule has 2 fully saturated rings. The number of nitrogens with zero attached hydrogens (tertiary/aromatic N) is 1. The molecule has 1 amide bonds. The van der Waals surface area contributed by atoms with E-state index in [1.54, 1.807) is 0 Å². The van der Waals surface area contributed by atoms with Gasteiger partial charge in [0.1, 0.15) is 0 Å². The first-order valence-corrected chi connectivity index (χ1v) is 5.66. The maximum Gasteiger partial charge on any atom is 0.299 e. The summed E-state index contributed by atoms with van der Waals surface area (Å²) in [7, 11) is 0.